The normalized spacial score (nSPS) is 16.4. The number of pyridine rings is 1. The molecular weight excluding hydrogens is 366 g/mol. The molecule has 2 aromatic heterocycles. The fourth-order valence-corrected chi connectivity index (χ4v) is 3.75. The number of nitrogens with zero attached hydrogens (tertiary/aromatic N) is 3. The first-order valence-corrected chi connectivity index (χ1v) is 9.10. The molecule has 0 saturated carbocycles. The second-order valence-electron chi connectivity index (χ2n) is 6.55. The number of hydrogen-bond acceptors (Lipinski definition) is 4. The maximum atomic E-state index is 13.3. The highest BCUT2D eigenvalue weighted by Crippen LogP contribution is 2.44. The monoisotopic (exact) mass is 387 g/mol. The van der Waals surface area contributed by atoms with Crippen LogP contribution in [0.4, 0.5) is 5.69 Å². The maximum Gasteiger partial charge on any atom is 0.259 e. The van der Waals surface area contributed by atoms with Crippen molar-refractivity contribution < 1.29 is 14.3 Å². The number of imidazole rings is 1. The molecule has 0 N–H and O–H groups in total. The van der Waals surface area contributed by atoms with Crippen LogP contribution in [0, 0.1) is 0 Å². The lowest BCUT2D eigenvalue weighted by molar-refractivity contribution is -0.114. The highest BCUT2D eigenvalue weighted by Gasteiger charge is 2.39. The molecule has 0 fully saturated rings. The molecule has 3 aromatic rings. The molecule has 1 aliphatic heterocycles. The lowest BCUT2D eigenvalue weighted by Gasteiger charge is -2.27. The largest absolute Gasteiger partial charge is 0.493 e. The van der Waals surface area contributed by atoms with Gasteiger partial charge in [-0.3, -0.25) is 9.69 Å². The van der Waals surface area contributed by atoms with Crippen molar-refractivity contribution in [3.63, 3.8) is 0 Å². The van der Waals surface area contributed by atoms with Gasteiger partial charge in [0.1, 0.15) is 5.65 Å². The molecule has 6 nitrogen and oxygen atoms in total. The van der Waals surface area contributed by atoms with Crippen molar-refractivity contribution in [3.05, 3.63) is 90.9 Å². The lowest BCUT2D eigenvalue weighted by Crippen LogP contribution is -2.30. The first kappa shape index (κ1) is 18.6. The Balaban J connectivity index is 1.90. The third-order valence-electron chi connectivity index (χ3n) is 5.12. The summed E-state index contributed by atoms with van der Waals surface area (Å²) in [6, 6.07) is 9.06. The topological polar surface area (TPSA) is 56.1 Å². The summed E-state index contributed by atoms with van der Waals surface area (Å²) in [6.07, 6.45) is 8.76. The summed E-state index contributed by atoms with van der Waals surface area (Å²) in [7, 11) is 3.18. The second kappa shape index (κ2) is 7.31. The smallest absolute Gasteiger partial charge is 0.259 e. The number of ether oxygens (including phenoxy) is 2. The molecule has 29 heavy (non-hydrogen) atoms. The molecule has 6 heteroatoms. The van der Waals surface area contributed by atoms with E-state index < -0.39 is 0 Å². The van der Waals surface area contributed by atoms with Gasteiger partial charge >= 0.3 is 0 Å². The average Bonchev–Trinajstić information content (AvgIpc) is 3.33. The Morgan fingerprint density at radius 2 is 1.83 bits per heavy atom. The number of aromatic nitrogens is 2. The SMILES string of the molecule is C=CC1=C(C=C)C(c2ccc(OC)c(OC)c2)N(c2ccn3ccnc3c2)C1=O. The molecule has 1 atom stereocenters. The summed E-state index contributed by atoms with van der Waals surface area (Å²) in [5.41, 5.74) is 3.70. The lowest BCUT2D eigenvalue weighted by atomic mass is 9.97. The van der Waals surface area contributed by atoms with Gasteiger partial charge in [-0.2, -0.15) is 0 Å². The Morgan fingerprint density at radius 3 is 2.52 bits per heavy atom. The quantitative estimate of drug-likeness (QED) is 0.639. The zero-order valence-electron chi connectivity index (χ0n) is 16.3. The first-order chi connectivity index (χ1) is 14.1. The maximum absolute atomic E-state index is 13.3. The van der Waals surface area contributed by atoms with Gasteiger partial charge in [-0.05, 0) is 29.3 Å². The first-order valence-electron chi connectivity index (χ1n) is 9.10. The Kier molecular flexibility index (Phi) is 4.68. The molecule has 146 valence electrons. The van der Waals surface area contributed by atoms with Gasteiger partial charge in [0.05, 0.1) is 25.9 Å². The van der Waals surface area contributed by atoms with Crippen LogP contribution in [0.2, 0.25) is 0 Å². The van der Waals surface area contributed by atoms with Crippen LogP contribution in [0.15, 0.2) is 85.4 Å². The van der Waals surface area contributed by atoms with Crippen molar-refractivity contribution in [1.82, 2.24) is 9.38 Å². The van der Waals surface area contributed by atoms with Crippen LogP contribution in [0.25, 0.3) is 5.65 Å². The van der Waals surface area contributed by atoms with E-state index >= 15 is 0 Å². The van der Waals surface area contributed by atoms with Crippen LogP contribution >= 0.6 is 0 Å². The van der Waals surface area contributed by atoms with E-state index in [1.165, 1.54) is 0 Å². The van der Waals surface area contributed by atoms with Crippen molar-refractivity contribution in [1.29, 1.82) is 0 Å². The summed E-state index contributed by atoms with van der Waals surface area (Å²) in [6.45, 7) is 7.78. The number of benzene rings is 1. The summed E-state index contributed by atoms with van der Waals surface area (Å²) >= 11 is 0. The van der Waals surface area contributed by atoms with Crippen LogP contribution in [0.1, 0.15) is 11.6 Å². The van der Waals surface area contributed by atoms with E-state index in [-0.39, 0.29) is 11.9 Å². The zero-order chi connectivity index (χ0) is 20.5. The van der Waals surface area contributed by atoms with Gasteiger partial charge in [-0.1, -0.05) is 31.4 Å². The van der Waals surface area contributed by atoms with Crippen LogP contribution < -0.4 is 14.4 Å². The van der Waals surface area contributed by atoms with Gasteiger partial charge in [0.2, 0.25) is 0 Å². The molecule has 0 bridgehead atoms. The third kappa shape index (κ3) is 2.89. The number of carbonyl (C=O) groups excluding carboxylic acids is 1. The van der Waals surface area contributed by atoms with Crippen molar-refractivity contribution in [2.45, 2.75) is 6.04 Å². The van der Waals surface area contributed by atoms with Gasteiger partial charge in [0.15, 0.2) is 11.5 Å². The average molecular weight is 387 g/mol. The minimum absolute atomic E-state index is 0.134. The van der Waals surface area contributed by atoms with Crippen LogP contribution in [-0.2, 0) is 4.79 Å². The summed E-state index contributed by atoms with van der Waals surface area (Å²) in [5.74, 6) is 1.08. The van der Waals surface area contributed by atoms with Gasteiger partial charge in [-0.25, -0.2) is 4.98 Å². The van der Waals surface area contributed by atoms with Crippen molar-refractivity contribution >= 4 is 17.2 Å². The van der Waals surface area contributed by atoms with Crippen molar-refractivity contribution in [2.75, 3.05) is 19.1 Å². The van der Waals surface area contributed by atoms with Crippen molar-refractivity contribution in [2.24, 2.45) is 0 Å². The van der Waals surface area contributed by atoms with Gasteiger partial charge in [-0.15, -0.1) is 0 Å². The van der Waals surface area contributed by atoms with E-state index in [2.05, 4.69) is 18.1 Å². The van der Waals surface area contributed by atoms with Crippen LogP contribution in [0.5, 0.6) is 11.5 Å². The predicted octanol–water partition coefficient (Wildman–Crippen LogP) is 4.11. The number of amides is 1. The molecule has 3 heterocycles. The summed E-state index contributed by atoms with van der Waals surface area (Å²) in [4.78, 5) is 19.4. The molecular formula is C23H21N3O3. The second-order valence-corrected chi connectivity index (χ2v) is 6.55. The zero-order valence-corrected chi connectivity index (χ0v) is 16.3. The predicted molar refractivity (Wildman–Crippen MR) is 112 cm³/mol. The Hall–Kier alpha value is -3.80. The number of hydrogen-bond donors (Lipinski definition) is 0. The van der Waals surface area contributed by atoms with Crippen LogP contribution in [-0.4, -0.2) is 29.5 Å². The number of methoxy groups -OCH3 is 2. The summed E-state index contributed by atoms with van der Waals surface area (Å²) < 4.78 is 12.7. The molecule has 1 aliphatic rings. The minimum atomic E-state index is -0.370. The molecule has 0 aliphatic carbocycles. The Bertz CT molecular complexity index is 1160. The minimum Gasteiger partial charge on any atom is -0.493 e. The fourth-order valence-electron chi connectivity index (χ4n) is 3.75. The number of fused-ring (bicyclic) bond motifs is 1. The molecule has 0 saturated heterocycles. The molecule has 0 radical (unpaired) electrons. The highest BCUT2D eigenvalue weighted by atomic mass is 16.5. The molecule has 4 rings (SSSR count). The standard InChI is InChI=1S/C23H21N3O3/c1-5-17-18(6-2)23(27)26(16-9-11-25-12-10-24-21(25)14-16)22(17)15-7-8-19(28-3)20(13-15)29-4/h5-14,22H,1-2H2,3-4H3. The fraction of sp³-hybridized carbons (Fsp3) is 0.130. The number of carbonyl (C=O) groups is 1. The van der Waals surface area contributed by atoms with E-state index in [1.54, 1.807) is 37.5 Å². The van der Waals surface area contributed by atoms with E-state index in [4.69, 9.17) is 9.47 Å². The van der Waals surface area contributed by atoms with Gasteiger partial charge in [0.25, 0.3) is 5.91 Å². The molecule has 1 amide bonds. The molecule has 0 spiro atoms. The van der Waals surface area contributed by atoms with Gasteiger partial charge in [0, 0.05) is 30.2 Å². The van der Waals surface area contributed by atoms with E-state index in [1.807, 2.05) is 47.1 Å². The van der Waals surface area contributed by atoms with Crippen LogP contribution in [0.3, 0.4) is 0 Å². The summed E-state index contributed by atoms with van der Waals surface area (Å²) in [5, 5.41) is 0. The third-order valence-corrected chi connectivity index (χ3v) is 5.12. The van der Waals surface area contributed by atoms with E-state index in [0.717, 1.165) is 22.5 Å². The molecule has 1 aromatic carbocycles. The number of anilines is 1. The highest BCUT2D eigenvalue weighted by molar-refractivity contribution is 6.12. The van der Waals surface area contributed by atoms with Gasteiger partial charge < -0.3 is 13.9 Å². The van der Waals surface area contributed by atoms with Crippen molar-refractivity contribution in [3.8, 4) is 11.5 Å². The van der Waals surface area contributed by atoms with E-state index in [0.29, 0.717) is 17.1 Å². The Morgan fingerprint density at radius 1 is 1.03 bits per heavy atom. The van der Waals surface area contributed by atoms with E-state index in [9.17, 15) is 4.79 Å². The number of rotatable bonds is 6. The molecule has 1 unspecified atom stereocenters. The Labute approximate surface area is 169 Å².